The predicted molar refractivity (Wildman–Crippen MR) is 55.2 cm³/mol. The van der Waals surface area contributed by atoms with Gasteiger partial charge in [-0.3, -0.25) is 15.8 Å². The molecule has 0 bridgehead atoms. The molecule has 0 radical (unpaired) electrons. The van der Waals surface area contributed by atoms with Crippen molar-refractivity contribution in [3.05, 3.63) is 34.4 Å². The standard InChI is InChI=1S/C8H6N4O2S.ClH/c9-8-11-10-7(15-8)5-1-3-6(4-2-5)12(13)14;/h1-4H,(H2,9,11);1H. The van der Waals surface area contributed by atoms with Crippen molar-refractivity contribution in [1.82, 2.24) is 5.10 Å². The number of nitrogens with zero attached hydrogens (tertiary/aromatic N) is 2. The van der Waals surface area contributed by atoms with E-state index in [4.69, 9.17) is 5.73 Å². The number of halogens is 1. The van der Waals surface area contributed by atoms with Crippen LogP contribution in [0.4, 0.5) is 10.8 Å². The molecule has 8 heteroatoms. The number of anilines is 1. The van der Waals surface area contributed by atoms with Crippen LogP contribution in [0.1, 0.15) is 0 Å². The third-order valence-corrected chi connectivity index (χ3v) is 2.63. The Morgan fingerprint density at radius 1 is 1.38 bits per heavy atom. The molecular formula is C8H7ClN4O2S. The van der Waals surface area contributed by atoms with Crippen LogP contribution in [0.5, 0.6) is 0 Å². The van der Waals surface area contributed by atoms with Gasteiger partial charge in [-0.2, -0.15) is 0 Å². The Hall–Kier alpha value is -1.73. The van der Waals surface area contributed by atoms with E-state index in [1.807, 2.05) is 0 Å². The second kappa shape index (κ2) is 4.86. The van der Waals surface area contributed by atoms with E-state index in [2.05, 4.69) is 10.2 Å². The molecule has 0 aliphatic heterocycles. The fraction of sp³-hybridized carbons (Fsp3) is 0. The minimum absolute atomic E-state index is 0. The van der Waals surface area contributed by atoms with Gasteiger partial charge >= 0.3 is 5.13 Å². The summed E-state index contributed by atoms with van der Waals surface area (Å²) in [6.07, 6.45) is 0. The minimum atomic E-state index is -0.438. The van der Waals surface area contributed by atoms with E-state index in [9.17, 15) is 10.1 Å². The van der Waals surface area contributed by atoms with Crippen molar-refractivity contribution < 1.29 is 22.4 Å². The summed E-state index contributed by atoms with van der Waals surface area (Å²) < 4.78 is 0. The summed E-state index contributed by atoms with van der Waals surface area (Å²) in [7, 11) is 0. The van der Waals surface area contributed by atoms with Crippen LogP contribution < -0.4 is 23.2 Å². The molecule has 0 aliphatic carbocycles. The van der Waals surface area contributed by atoms with Crippen molar-refractivity contribution >= 4 is 22.2 Å². The monoisotopic (exact) mass is 258 g/mol. The lowest BCUT2D eigenvalue weighted by molar-refractivity contribution is -0.430. The van der Waals surface area contributed by atoms with E-state index in [-0.39, 0.29) is 18.1 Å². The van der Waals surface area contributed by atoms with Gasteiger partial charge in [0.25, 0.3) is 5.69 Å². The zero-order valence-electron chi connectivity index (χ0n) is 7.88. The average Bonchev–Trinajstić information content (AvgIpc) is 2.65. The molecule has 6 nitrogen and oxygen atoms in total. The summed E-state index contributed by atoms with van der Waals surface area (Å²) in [5, 5.41) is 18.2. The lowest BCUT2D eigenvalue weighted by Gasteiger charge is -1.93. The fourth-order valence-electron chi connectivity index (χ4n) is 1.10. The number of rotatable bonds is 2. The van der Waals surface area contributed by atoms with Crippen LogP contribution in [0.15, 0.2) is 24.3 Å². The van der Waals surface area contributed by atoms with Gasteiger partial charge in [0.1, 0.15) is 0 Å². The van der Waals surface area contributed by atoms with E-state index in [1.165, 1.54) is 23.5 Å². The molecule has 1 aromatic heterocycles. The molecule has 84 valence electrons. The van der Waals surface area contributed by atoms with E-state index in [1.54, 1.807) is 12.1 Å². The van der Waals surface area contributed by atoms with Gasteiger partial charge < -0.3 is 12.4 Å². The predicted octanol–water partition coefficient (Wildman–Crippen LogP) is -1.88. The minimum Gasteiger partial charge on any atom is -1.00 e. The molecule has 0 saturated heterocycles. The largest absolute Gasteiger partial charge is 1.00 e. The fourth-order valence-corrected chi connectivity index (χ4v) is 1.75. The average molecular weight is 259 g/mol. The highest BCUT2D eigenvalue weighted by atomic mass is 35.5. The lowest BCUT2D eigenvalue weighted by Crippen LogP contribution is -3.00. The molecule has 16 heavy (non-hydrogen) atoms. The van der Waals surface area contributed by atoms with Gasteiger partial charge in [0.05, 0.1) is 4.92 Å². The van der Waals surface area contributed by atoms with Crippen molar-refractivity contribution in [3.8, 4) is 10.6 Å². The third-order valence-electron chi connectivity index (χ3n) is 1.80. The smallest absolute Gasteiger partial charge is 0.352 e. The highest BCUT2D eigenvalue weighted by Gasteiger charge is 2.09. The number of nitro benzene ring substituents is 1. The first-order valence-electron chi connectivity index (χ1n) is 4.05. The lowest BCUT2D eigenvalue weighted by atomic mass is 10.2. The summed E-state index contributed by atoms with van der Waals surface area (Å²) in [5.74, 6) is 0. The molecular weight excluding hydrogens is 252 g/mol. The molecule has 3 N–H and O–H groups in total. The normalized spacial score (nSPS) is 9.50. The van der Waals surface area contributed by atoms with E-state index < -0.39 is 4.92 Å². The summed E-state index contributed by atoms with van der Waals surface area (Å²) in [4.78, 5) is 9.98. The molecule has 0 unspecified atom stereocenters. The first kappa shape index (κ1) is 12.3. The third kappa shape index (κ3) is 2.44. The molecule has 0 saturated carbocycles. The first-order chi connectivity index (χ1) is 7.16. The number of aromatic amines is 1. The molecule has 0 amide bonds. The van der Waals surface area contributed by atoms with Crippen molar-refractivity contribution in [1.29, 1.82) is 0 Å². The summed E-state index contributed by atoms with van der Waals surface area (Å²) in [6, 6.07) is 6.16. The Morgan fingerprint density at radius 2 is 2.00 bits per heavy atom. The van der Waals surface area contributed by atoms with Crippen LogP contribution >= 0.6 is 11.3 Å². The SMILES string of the molecule is Nc1[nH+]nc(-c2ccc([N+](=O)[O-])cc2)s1.[Cl-]. The number of H-pyrrole nitrogens is 1. The van der Waals surface area contributed by atoms with Gasteiger partial charge in [0.15, 0.2) is 5.01 Å². The van der Waals surface area contributed by atoms with E-state index >= 15 is 0 Å². The van der Waals surface area contributed by atoms with Crippen LogP contribution in [-0.2, 0) is 0 Å². The van der Waals surface area contributed by atoms with Crippen molar-refractivity contribution in [2.24, 2.45) is 0 Å². The first-order valence-corrected chi connectivity index (χ1v) is 4.87. The summed E-state index contributed by atoms with van der Waals surface area (Å²) in [5.41, 5.74) is 6.35. The maximum Gasteiger partial charge on any atom is 0.352 e. The number of aromatic nitrogens is 2. The highest BCUT2D eigenvalue weighted by molar-refractivity contribution is 7.17. The van der Waals surface area contributed by atoms with Crippen LogP contribution in [-0.4, -0.2) is 10.0 Å². The van der Waals surface area contributed by atoms with Crippen LogP contribution in [0, 0.1) is 10.1 Å². The number of nitrogens with one attached hydrogen (secondary N) is 1. The molecule has 0 atom stereocenters. The van der Waals surface area contributed by atoms with Crippen LogP contribution in [0.3, 0.4) is 0 Å². The summed E-state index contributed by atoms with van der Waals surface area (Å²) in [6.45, 7) is 0. The number of benzene rings is 1. The van der Waals surface area contributed by atoms with Gasteiger partial charge in [0.2, 0.25) is 0 Å². The zero-order chi connectivity index (χ0) is 10.8. The quantitative estimate of drug-likeness (QED) is 0.504. The van der Waals surface area contributed by atoms with E-state index in [0.29, 0.717) is 10.1 Å². The molecule has 2 aromatic rings. The molecule has 2 rings (SSSR count). The van der Waals surface area contributed by atoms with E-state index in [0.717, 1.165) is 5.56 Å². The molecule has 1 heterocycles. The van der Waals surface area contributed by atoms with Gasteiger partial charge in [-0.15, -0.1) is 5.10 Å². The van der Waals surface area contributed by atoms with Gasteiger partial charge in [-0.05, 0) is 23.5 Å². The van der Waals surface area contributed by atoms with Gasteiger partial charge in [0, 0.05) is 17.7 Å². The van der Waals surface area contributed by atoms with Crippen molar-refractivity contribution in [2.45, 2.75) is 0 Å². The van der Waals surface area contributed by atoms with Crippen LogP contribution in [0.25, 0.3) is 10.6 Å². The molecule has 0 aliphatic rings. The second-order valence-corrected chi connectivity index (χ2v) is 3.83. The number of nitrogen functional groups attached to an aromatic ring is 1. The number of hydrogen-bond donors (Lipinski definition) is 1. The Bertz CT molecular complexity index is 499. The van der Waals surface area contributed by atoms with Crippen LogP contribution in [0.2, 0.25) is 0 Å². The number of nitro groups is 1. The summed E-state index contributed by atoms with van der Waals surface area (Å²) >= 11 is 1.30. The Labute approximate surface area is 101 Å². The molecule has 0 spiro atoms. The number of nitrogens with two attached hydrogens (primary N) is 1. The van der Waals surface area contributed by atoms with Gasteiger partial charge in [-0.25, -0.2) is 0 Å². The van der Waals surface area contributed by atoms with Crippen molar-refractivity contribution in [2.75, 3.05) is 5.73 Å². The maximum absolute atomic E-state index is 10.4. The highest BCUT2D eigenvalue weighted by Crippen LogP contribution is 2.24. The number of hydrogen-bond acceptors (Lipinski definition) is 5. The Morgan fingerprint density at radius 3 is 2.44 bits per heavy atom. The molecule has 1 aromatic carbocycles. The molecule has 0 fully saturated rings. The number of non-ortho nitro benzene ring substituents is 1. The topological polar surface area (TPSA) is 96.2 Å². The Kier molecular flexibility index (Phi) is 3.75. The zero-order valence-corrected chi connectivity index (χ0v) is 9.46. The maximum atomic E-state index is 10.4. The second-order valence-electron chi connectivity index (χ2n) is 2.80. The van der Waals surface area contributed by atoms with Crippen molar-refractivity contribution in [3.63, 3.8) is 0 Å². The van der Waals surface area contributed by atoms with Gasteiger partial charge in [-0.1, -0.05) is 5.10 Å². The Balaban J connectivity index is 0.00000128.